The molecule has 0 spiro atoms. The fourth-order valence-corrected chi connectivity index (χ4v) is 2.99. The van der Waals surface area contributed by atoms with E-state index >= 15 is 0 Å². The molecule has 3 rings (SSSR count). The molecular weight excluding hydrogens is 329 g/mol. The number of anilines is 1. The Kier molecular flexibility index (Phi) is 4.22. The fourth-order valence-electron chi connectivity index (χ4n) is 2.30. The minimum absolute atomic E-state index is 0.0382. The van der Waals surface area contributed by atoms with Crippen molar-refractivity contribution in [2.75, 3.05) is 11.9 Å². The molecule has 0 amide bonds. The summed E-state index contributed by atoms with van der Waals surface area (Å²) in [6, 6.07) is 7.23. The van der Waals surface area contributed by atoms with Crippen molar-refractivity contribution in [3.63, 3.8) is 0 Å². The van der Waals surface area contributed by atoms with Crippen LogP contribution in [-0.4, -0.2) is 32.9 Å². The van der Waals surface area contributed by atoms with Crippen LogP contribution < -0.4 is 5.32 Å². The Labute approximate surface area is 133 Å². The van der Waals surface area contributed by atoms with Crippen LogP contribution in [0.25, 0.3) is 10.9 Å². The van der Waals surface area contributed by atoms with E-state index in [-0.39, 0.29) is 11.7 Å². The lowest BCUT2D eigenvalue weighted by atomic mass is 10.1. The summed E-state index contributed by atoms with van der Waals surface area (Å²) in [7, 11) is 0. The number of aromatic amines is 1. The van der Waals surface area contributed by atoms with Gasteiger partial charge < -0.3 is 15.4 Å². The van der Waals surface area contributed by atoms with E-state index < -0.39 is 17.2 Å². The molecule has 23 heavy (non-hydrogen) atoms. The Hall–Kier alpha value is -2.13. The molecular formula is C14H13F3N4OS. The Morgan fingerprint density at radius 2 is 2.04 bits per heavy atom. The van der Waals surface area contributed by atoms with Gasteiger partial charge in [0, 0.05) is 17.1 Å². The van der Waals surface area contributed by atoms with Gasteiger partial charge in [0.05, 0.1) is 12.6 Å². The second-order valence-corrected chi connectivity index (χ2v) is 5.98. The molecule has 0 saturated carbocycles. The zero-order valence-electron chi connectivity index (χ0n) is 11.8. The Morgan fingerprint density at radius 3 is 2.74 bits per heavy atom. The van der Waals surface area contributed by atoms with E-state index in [2.05, 4.69) is 20.5 Å². The fraction of sp³-hybridized carbons (Fsp3) is 0.286. The molecule has 0 fully saturated rings. The number of fused-ring (bicyclic) bond motifs is 1. The first-order valence-corrected chi connectivity index (χ1v) is 7.62. The van der Waals surface area contributed by atoms with Gasteiger partial charge in [-0.25, -0.2) is 0 Å². The highest BCUT2D eigenvalue weighted by molar-refractivity contribution is 7.15. The molecule has 0 aliphatic carbocycles. The van der Waals surface area contributed by atoms with Gasteiger partial charge in [0.2, 0.25) is 10.1 Å². The molecule has 0 radical (unpaired) electrons. The summed E-state index contributed by atoms with van der Waals surface area (Å²) in [5.74, 6) is 0. The van der Waals surface area contributed by atoms with Gasteiger partial charge in [-0.3, -0.25) is 0 Å². The average Bonchev–Trinajstić information content (AvgIpc) is 3.14. The Bertz CT molecular complexity index is 799. The van der Waals surface area contributed by atoms with Crippen molar-refractivity contribution in [2.24, 2.45) is 0 Å². The Morgan fingerprint density at radius 1 is 1.26 bits per heavy atom. The molecule has 3 N–H and O–H groups in total. The summed E-state index contributed by atoms with van der Waals surface area (Å²) < 4.78 is 37.6. The van der Waals surface area contributed by atoms with Gasteiger partial charge in [0.25, 0.3) is 0 Å². The van der Waals surface area contributed by atoms with Gasteiger partial charge in [0.15, 0.2) is 0 Å². The molecule has 2 heterocycles. The average molecular weight is 342 g/mol. The lowest BCUT2D eigenvalue weighted by Gasteiger charge is -2.14. The third-order valence-corrected chi connectivity index (χ3v) is 4.26. The molecule has 0 aliphatic rings. The van der Waals surface area contributed by atoms with E-state index in [9.17, 15) is 18.3 Å². The predicted octanol–water partition coefficient (Wildman–Crippen LogP) is 3.05. The molecule has 9 heteroatoms. The number of nitrogens with one attached hydrogen (secondary N) is 2. The van der Waals surface area contributed by atoms with Gasteiger partial charge in [-0.15, -0.1) is 10.2 Å². The number of halogens is 3. The van der Waals surface area contributed by atoms with Crippen molar-refractivity contribution in [3.05, 3.63) is 41.0 Å². The van der Waals surface area contributed by atoms with E-state index in [1.165, 1.54) is 0 Å². The summed E-state index contributed by atoms with van der Waals surface area (Å²) in [4.78, 5) is 3.12. The highest BCUT2D eigenvalue weighted by atomic mass is 32.1. The van der Waals surface area contributed by atoms with E-state index in [1.54, 1.807) is 0 Å². The van der Waals surface area contributed by atoms with Gasteiger partial charge >= 0.3 is 6.18 Å². The molecule has 2 aromatic heterocycles. The number of hydrogen-bond acceptors (Lipinski definition) is 5. The number of aromatic nitrogens is 3. The standard InChI is InChI=1S/C14H13F3N4OS/c15-14(16,17)12-20-21-13(23-12)19-9(7-22)5-8-6-18-11-4-2-1-3-10(8)11/h1-4,6,9,18,22H,5,7H2,(H,19,21)/t9-/m0/s1. The first-order chi connectivity index (χ1) is 11.0. The van der Waals surface area contributed by atoms with Gasteiger partial charge in [-0.2, -0.15) is 13.2 Å². The first-order valence-electron chi connectivity index (χ1n) is 6.80. The van der Waals surface area contributed by atoms with Crippen LogP contribution in [0, 0.1) is 0 Å². The maximum absolute atomic E-state index is 12.5. The van der Waals surface area contributed by atoms with Crippen molar-refractivity contribution in [1.29, 1.82) is 0 Å². The number of aliphatic hydroxyl groups excluding tert-OH is 1. The quantitative estimate of drug-likeness (QED) is 0.666. The molecule has 3 aromatic rings. The Balaban J connectivity index is 1.74. The molecule has 0 bridgehead atoms. The molecule has 5 nitrogen and oxygen atoms in total. The summed E-state index contributed by atoms with van der Waals surface area (Å²) in [6.07, 6.45) is -2.24. The predicted molar refractivity (Wildman–Crippen MR) is 81.4 cm³/mol. The van der Waals surface area contributed by atoms with Crippen molar-refractivity contribution in [2.45, 2.75) is 18.6 Å². The van der Waals surface area contributed by atoms with Gasteiger partial charge in [-0.05, 0) is 18.1 Å². The maximum atomic E-state index is 12.5. The van der Waals surface area contributed by atoms with E-state index in [0.717, 1.165) is 16.5 Å². The van der Waals surface area contributed by atoms with Crippen LogP contribution in [0.1, 0.15) is 10.6 Å². The highest BCUT2D eigenvalue weighted by Gasteiger charge is 2.35. The van der Waals surface area contributed by atoms with Crippen molar-refractivity contribution in [3.8, 4) is 0 Å². The third-order valence-electron chi connectivity index (χ3n) is 3.36. The zero-order valence-corrected chi connectivity index (χ0v) is 12.6. The monoisotopic (exact) mass is 342 g/mol. The normalized spacial score (nSPS) is 13.4. The number of benzene rings is 1. The second-order valence-electron chi connectivity index (χ2n) is 5.00. The summed E-state index contributed by atoms with van der Waals surface area (Å²) >= 11 is 0.423. The van der Waals surface area contributed by atoms with Crippen LogP contribution in [0.5, 0.6) is 0 Å². The molecule has 0 saturated heterocycles. The van der Waals surface area contributed by atoms with E-state index in [0.29, 0.717) is 17.8 Å². The minimum atomic E-state index is -4.51. The number of H-pyrrole nitrogens is 1. The number of nitrogens with zero attached hydrogens (tertiary/aromatic N) is 2. The van der Waals surface area contributed by atoms with Crippen molar-refractivity contribution < 1.29 is 18.3 Å². The molecule has 1 aromatic carbocycles. The molecule has 1 atom stereocenters. The smallest absolute Gasteiger partial charge is 0.394 e. The lowest BCUT2D eigenvalue weighted by Crippen LogP contribution is -2.26. The number of alkyl halides is 3. The molecule has 0 aliphatic heterocycles. The van der Waals surface area contributed by atoms with E-state index in [1.807, 2.05) is 30.5 Å². The number of hydrogen-bond donors (Lipinski definition) is 3. The lowest BCUT2D eigenvalue weighted by molar-refractivity contribution is -0.138. The summed E-state index contributed by atoms with van der Waals surface area (Å²) in [5.41, 5.74) is 1.93. The van der Waals surface area contributed by atoms with Crippen molar-refractivity contribution in [1.82, 2.24) is 15.2 Å². The zero-order chi connectivity index (χ0) is 16.4. The second kappa shape index (κ2) is 6.17. The van der Waals surface area contributed by atoms with Gasteiger partial charge in [-0.1, -0.05) is 29.5 Å². The first kappa shape index (κ1) is 15.8. The van der Waals surface area contributed by atoms with Crippen LogP contribution in [0.4, 0.5) is 18.3 Å². The van der Waals surface area contributed by atoms with Crippen molar-refractivity contribution >= 4 is 27.4 Å². The van der Waals surface area contributed by atoms with Gasteiger partial charge in [0.1, 0.15) is 0 Å². The van der Waals surface area contributed by atoms with Crippen LogP contribution in [-0.2, 0) is 12.6 Å². The number of para-hydroxylation sites is 1. The van der Waals surface area contributed by atoms with Crippen LogP contribution in [0.15, 0.2) is 30.5 Å². The molecule has 0 unspecified atom stereocenters. The van der Waals surface area contributed by atoms with Crippen LogP contribution in [0.2, 0.25) is 0 Å². The van der Waals surface area contributed by atoms with Crippen LogP contribution >= 0.6 is 11.3 Å². The number of aliphatic hydroxyl groups is 1. The topological polar surface area (TPSA) is 73.8 Å². The number of rotatable bonds is 5. The van der Waals surface area contributed by atoms with E-state index in [4.69, 9.17) is 0 Å². The maximum Gasteiger partial charge on any atom is 0.445 e. The SMILES string of the molecule is OC[C@H](Cc1c[nH]c2ccccc12)Nc1nnc(C(F)(F)F)s1. The highest BCUT2D eigenvalue weighted by Crippen LogP contribution is 2.33. The summed E-state index contributed by atoms with van der Waals surface area (Å²) in [5, 5.41) is 18.9. The minimum Gasteiger partial charge on any atom is -0.394 e. The van der Waals surface area contributed by atoms with Crippen LogP contribution in [0.3, 0.4) is 0 Å². The molecule has 122 valence electrons. The summed E-state index contributed by atoms with van der Waals surface area (Å²) in [6.45, 7) is -0.236. The third kappa shape index (κ3) is 3.45. The largest absolute Gasteiger partial charge is 0.445 e.